The van der Waals surface area contributed by atoms with Crippen LogP contribution in [0.15, 0.2) is 38.5 Å². The lowest BCUT2D eigenvalue weighted by Crippen LogP contribution is -2.11. The SMILES string of the molecule is COc1ccc(S(=O)(=O)c2c(F)c(F)c(F)c(F)c2Br)cc1. The van der Waals surface area contributed by atoms with E-state index in [0.29, 0.717) is 5.75 Å². The molecule has 0 saturated heterocycles. The van der Waals surface area contributed by atoms with E-state index in [1.807, 2.05) is 0 Å². The Labute approximate surface area is 131 Å². The van der Waals surface area contributed by atoms with Gasteiger partial charge in [0.15, 0.2) is 23.3 Å². The molecule has 3 nitrogen and oxygen atoms in total. The van der Waals surface area contributed by atoms with E-state index in [9.17, 15) is 26.0 Å². The molecule has 2 rings (SSSR count). The van der Waals surface area contributed by atoms with Crippen molar-refractivity contribution in [3.8, 4) is 5.75 Å². The van der Waals surface area contributed by atoms with Crippen LogP contribution in [0.3, 0.4) is 0 Å². The zero-order chi connectivity index (χ0) is 16.7. The second kappa shape index (κ2) is 5.88. The van der Waals surface area contributed by atoms with Crippen LogP contribution in [0.5, 0.6) is 5.75 Å². The Balaban J connectivity index is 2.73. The molecule has 0 aliphatic rings. The van der Waals surface area contributed by atoms with Crippen LogP contribution in [0.2, 0.25) is 0 Å². The summed E-state index contributed by atoms with van der Waals surface area (Å²) in [7, 11) is -3.26. The smallest absolute Gasteiger partial charge is 0.210 e. The zero-order valence-electron chi connectivity index (χ0n) is 10.8. The summed E-state index contributed by atoms with van der Waals surface area (Å²) in [5.74, 6) is -7.80. The van der Waals surface area contributed by atoms with Gasteiger partial charge in [-0.2, -0.15) is 0 Å². The van der Waals surface area contributed by atoms with Gasteiger partial charge in [0.05, 0.1) is 16.5 Å². The Hall–Kier alpha value is -1.61. The largest absolute Gasteiger partial charge is 0.497 e. The van der Waals surface area contributed by atoms with Gasteiger partial charge in [-0.3, -0.25) is 0 Å². The van der Waals surface area contributed by atoms with Crippen molar-refractivity contribution in [2.45, 2.75) is 9.79 Å². The third kappa shape index (κ3) is 2.58. The molecule has 22 heavy (non-hydrogen) atoms. The van der Waals surface area contributed by atoms with Gasteiger partial charge in [-0.1, -0.05) is 0 Å². The lowest BCUT2D eigenvalue weighted by molar-refractivity contribution is 0.392. The maximum atomic E-state index is 13.8. The normalized spacial score (nSPS) is 11.5. The van der Waals surface area contributed by atoms with E-state index in [-0.39, 0.29) is 0 Å². The van der Waals surface area contributed by atoms with E-state index in [0.717, 1.165) is 12.1 Å². The highest BCUT2D eigenvalue weighted by Crippen LogP contribution is 2.35. The number of hydrogen-bond acceptors (Lipinski definition) is 3. The van der Waals surface area contributed by atoms with E-state index >= 15 is 0 Å². The minimum Gasteiger partial charge on any atom is -0.497 e. The molecular weight excluding hydrogens is 392 g/mol. The topological polar surface area (TPSA) is 43.4 Å². The molecule has 0 heterocycles. The van der Waals surface area contributed by atoms with Crippen molar-refractivity contribution in [3.05, 3.63) is 52.0 Å². The molecule has 9 heteroatoms. The highest BCUT2D eigenvalue weighted by atomic mass is 79.9. The van der Waals surface area contributed by atoms with Crippen LogP contribution in [0, 0.1) is 23.3 Å². The first-order valence-corrected chi connectivity index (χ1v) is 7.90. The molecule has 0 aliphatic carbocycles. The minimum absolute atomic E-state index is 0.329. The summed E-state index contributed by atoms with van der Waals surface area (Å²) in [6.07, 6.45) is 0. The fourth-order valence-electron chi connectivity index (χ4n) is 1.69. The second-order valence-corrected chi connectivity index (χ2v) is 6.76. The van der Waals surface area contributed by atoms with E-state index in [4.69, 9.17) is 4.74 Å². The van der Waals surface area contributed by atoms with Crippen LogP contribution in [0.25, 0.3) is 0 Å². The van der Waals surface area contributed by atoms with E-state index in [2.05, 4.69) is 15.9 Å². The van der Waals surface area contributed by atoms with Crippen LogP contribution in [-0.4, -0.2) is 15.5 Å². The first-order chi connectivity index (χ1) is 10.2. The Kier molecular flexibility index (Phi) is 4.48. The Morgan fingerprint density at radius 3 is 1.91 bits per heavy atom. The molecule has 0 saturated carbocycles. The standard InChI is InChI=1S/C13H7BrF4O3S/c1-21-6-2-4-7(5-3-6)22(19,20)13-8(14)9(15)10(16)11(17)12(13)18/h2-5H,1H3. The minimum atomic E-state index is -4.61. The predicted molar refractivity (Wildman–Crippen MR) is 72.4 cm³/mol. The van der Waals surface area contributed by atoms with E-state index in [1.54, 1.807) is 0 Å². The number of ether oxygens (including phenoxy) is 1. The van der Waals surface area contributed by atoms with E-state index < -0.39 is 47.4 Å². The van der Waals surface area contributed by atoms with Gasteiger partial charge >= 0.3 is 0 Å². The number of sulfone groups is 1. The van der Waals surface area contributed by atoms with Gasteiger partial charge in [0.25, 0.3) is 0 Å². The number of methoxy groups -OCH3 is 1. The monoisotopic (exact) mass is 398 g/mol. The number of halogens is 5. The molecule has 0 spiro atoms. The van der Waals surface area contributed by atoms with Crippen molar-refractivity contribution >= 4 is 25.8 Å². The highest BCUT2D eigenvalue weighted by molar-refractivity contribution is 9.10. The highest BCUT2D eigenvalue weighted by Gasteiger charge is 2.32. The van der Waals surface area contributed by atoms with Crippen molar-refractivity contribution in [1.82, 2.24) is 0 Å². The van der Waals surface area contributed by atoms with Crippen molar-refractivity contribution in [2.75, 3.05) is 7.11 Å². The Bertz CT molecular complexity index is 806. The van der Waals surface area contributed by atoms with Crippen molar-refractivity contribution < 1.29 is 30.7 Å². The van der Waals surface area contributed by atoms with Gasteiger partial charge in [0.1, 0.15) is 10.6 Å². The van der Waals surface area contributed by atoms with Crippen LogP contribution in [0.4, 0.5) is 17.6 Å². The molecule has 0 N–H and O–H groups in total. The maximum absolute atomic E-state index is 13.8. The van der Waals surface area contributed by atoms with Crippen LogP contribution in [-0.2, 0) is 9.84 Å². The number of benzene rings is 2. The quantitative estimate of drug-likeness (QED) is 0.341. The summed E-state index contributed by atoms with van der Waals surface area (Å²) in [5.41, 5.74) is 0. The van der Waals surface area contributed by atoms with Gasteiger partial charge in [-0.15, -0.1) is 0 Å². The first-order valence-electron chi connectivity index (χ1n) is 5.62. The molecule has 0 aliphatic heterocycles. The molecule has 0 aromatic heterocycles. The predicted octanol–water partition coefficient (Wildman–Crippen LogP) is 3.85. The molecule has 0 fully saturated rings. The third-order valence-electron chi connectivity index (χ3n) is 2.81. The molecule has 2 aromatic rings. The summed E-state index contributed by atoms with van der Waals surface area (Å²) in [6, 6.07) is 4.68. The molecule has 2 aromatic carbocycles. The lowest BCUT2D eigenvalue weighted by Gasteiger charge is -2.11. The Morgan fingerprint density at radius 2 is 1.41 bits per heavy atom. The van der Waals surface area contributed by atoms with Crippen LogP contribution >= 0.6 is 15.9 Å². The second-order valence-electron chi connectivity index (χ2n) is 4.08. The van der Waals surface area contributed by atoms with Gasteiger partial charge in [-0.05, 0) is 40.2 Å². The molecule has 0 bridgehead atoms. The molecule has 0 atom stereocenters. The summed E-state index contributed by atoms with van der Waals surface area (Å²) in [5, 5.41) is 0. The molecule has 118 valence electrons. The zero-order valence-corrected chi connectivity index (χ0v) is 13.2. The Morgan fingerprint density at radius 1 is 0.909 bits per heavy atom. The van der Waals surface area contributed by atoms with Gasteiger partial charge in [0, 0.05) is 0 Å². The third-order valence-corrected chi connectivity index (χ3v) is 5.63. The van der Waals surface area contributed by atoms with Crippen molar-refractivity contribution in [3.63, 3.8) is 0 Å². The number of rotatable bonds is 3. The summed E-state index contributed by atoms with van der Waals surface area (Å²) >= 11 is 2.45. The average molecular weight is 399 g/mol. The average Bonchev–Trinajstić information content (AvgIpc) is 2.51. The molecule has 0 radical (unpaired) electrons. The fourth-order valence-corrected chi connectivity index (χ4v) is 4.06. The van der Waals surface area contributed by atoms with Crippen molar-refractivity contribution in [2.24, 2.45) is 0 Å². The molecule has 0 unspecified atom stereocenters. The lowest BCUT2D eigenvalue weighted by atomic mass is 10.3. The van der Waals surface area contributed by atoms with E-state index in [1.165, 1.54) is 19.2 Å². The fraction of sp³-hybridized carbons (Fsp3) is 0.0769. The van der Waals surface area contributed by atoms with Gasteiger partial charge in [-0.25, -0.2) is 26.0 Å². The van der Waals surface area contributed by atoms with Crippen LogP contribution in [0.1, 0.15) is 0 Å². The van der Waals surface area contributed by atoms with Gasteiger partial charge < -0.3 is 4.74 Å². The maximum Gasteiger partial charge on any atom is 0.210 e. The van der Waals surface area contributed by atoms with Crippen molar-refractivity contribution in [1.29, 1.82) is 0 Å². The summed E-state index contributed by atoms with van der Waals surface area (Å²) < 4.78 is 82.2. The van der Waals surface area contributed by atoms with Crippen LogP contribution < -0.4 is 4.74 Å². The summed E-state index contributed by atoms with van der Waals surface area (Å²) in [4.78, 5) is -1.74. The molecule has 0 amide bonds. The van der Waals surface area contributed by atoms with Gasteiger partial charge in [0.2, 0.25) is 9.84 Å². The first kappa shape index (κ1) is 16.8. The number of hydrogen-bond donors (Lipinski definition) is 0. The summed E-state index contributed by atoms with van der Waals surface area (Å²) in [6.45, 7) is 0. The molecular formula is C13H7BrF4O3S.